The second-order valence-corrected chi connectivity index (χ2v) is 9.35. The van der Waals surface area contributed by atoms with Gasteiger partial charge in [0.15, 0.2) is 0 Å². The molecule has 0 fully saturated rings. The normalized spacial score (nSPS) is 11.3. The molecule has 6 aromatic rings. The van der Waals surface area contributed by atoms with Crippen molar-refractivity contribution in [2.45, 2.75) is 0 Å². The maximum atomic E-state index is 2.32. The third kappa shape index (κ3) is 3.15. The summed E-state index contributed by atoms with van der Waals surface area (Å²) in [5.41, 5.74) is 5.15. The largest absolute Gasteiger partial charge is 0.142 e. The fourth-order valence-electron chi connectivity index (χ4n) is 3.97. The first-order valence-corrected chi connectivity index (χ1v) is 11.8. The van der Waals surface area contributed by atoms with Crippen LogP contribution in [0.25, 0.3) is 53.6 Å². The summed E-state index contributed by atoms with van der Waals surface area (Å²) >= 11 is 3.65. The molecule has 0 bridgehead atoms. The SMILES string of the molecule is c1ccc2cc(-c3csc(-c4cc(-c5ccc6ccccc6c5)cs4)c3)ccc2c1. The highest BCUT2D eigenvalue weighted by molar-refractivity contribution is 7.20. The Bertz CT molecular complexity index is 1380. The van der Waals surface area contributed by atoms with Crippen LogP contribution in [0.1, 0.15) is 0 Å². The zero-order valence-corrected chi connectivity index (χ0v) is 17.8. The molecule has 0 saturated carbocycles. The monoisotopic (exact) mass is 418 g/mol. The number of rotatable bonds is 3. The molecule has 30 heavy (non-hydrogen) atoms. The predicted octanol–water partition coefficient (Wildman–Crippen LogP) is 9.12. The van der Waals surface area contributed by atoms with Gasteiger partial charge in [-0.2, -0.15) is 0 Å². The van der Waals surface area contributed by atoms with Crippen LogP contribution < -0.4 is 0 Å². The van der Waals surface area contributed by atoms with Crippen molar-refractivity contribution in [2.75, 3.05) is 0 Å². The van der Waals surface area contributed by atoms with Crippen LogP contribution in [0.3, 0.4) is 0 Å². The lowest BCUT2D eigenvalue weighted by molar-refractivity contribution is 1.71. The van der Waals surface area contributed by atoms with Gasteiger partial charge < -0.3 is 0 Å². The molecule has 142 valence electrons. The summed E-state index contributed by atoms with van der Waals surface area (Å²) in [7, 11) is 0. The van der Waals surface area contributed by atoms with E-state index < -0.39 is 0 Å². The van der Waals surface area contributed by atoms with Crippen molar-refractivity contribution in [3.8, 4) is 32.0 Å². The van der Waals surface area contributed by atoms with E-state index in [1.165, 1.54) is 53.6 Å². The highest BCUT2D eigenvalue weighted by atomic mass is 32.1. The van der Waals surface area contributed by atoms with Gasteiger partial charge in [-0.1, -0.05) is 72.8 Å². The fourth-order valence-corrected chi connectivity index (χ4v) is 5.92. The molecule has 0 aliphatic rings. The van der Waals surface area contributed by atoms with Gasteiger partial charge in [-0.15, -0.1) is 22.7 Å². The van der Waals surface area contributed by atoms with Gasteiger partial charge in [0.25, 0.3) is 0 Å². The van der Waals surface area contributed by atoms with Crippen LogP contribution in [0.4, 0.5) is 0 Å². The average Bonchev–Trinajstić information content (AvgIpc) is 3.48. The number of fused-ring (bicyclic) bond motifs is 2. The lowest BCUT2D eigenvalue weighted by Crippen LogP contribution is -1.76. The van der Waals surface area contributed by atoms with Crippen LogP contribution >= 0.6 is 22.7 Å². The molecule has 0 aliphatic carbocycles. The molecular weight excluding hydrogens is 400 g/mol. The van der Waals surface area contributed by atoms with Crippen LogP contribution in [-0.2, 0) is 0 Å². The van der Waals surface area contributed by atoms with Crippen molar-refractivity contribution in [2.24, 2.45) is 0 Å². The van der Waals surface area contributed by atoms with E-state index in [1.54, 1.807) is 0 Å². The lowest BCUT2D eigenvalue weighted by atomic mass is 10.0. The topological polar surface area (TPSA) is 0 Å². The molecule has 0 unspecified atom stereocenters. The molecule has 0 atom stereocenters. The van der Waals surface area contributed by atoms with Crippen LogP contribution in [0.5, 0.6) is 0 Å². The van der Waals surface area contributed by atoms with E-state index in [9.17, 15) is 0 Å². The van der Waals surface area contributed by atoms with Crippen LogP contribution in [0, 0.1) is 0 Å². The van der Waals surface area contributed by atoms with E-state index in [-0.39, 0.29) is 0 Å². The summed E-state index contributed by atoms with van der Waals surface area (Å²) in [5, 5.41) is 9.70. The molecule has 0 spiro atoms. The molecule has 0 radical (unpaired) electrons. The molecule has 0 saturated heterocycles. The molecule has 6 rings (SSSR count). The molecule has 2 heteroatoms. The Morgan fingerprint density at radius 3 is 1.27 bits per heavy atom. The second kappa shape index (κ2) is 7.24. The first-order valence-electron chi connectivity index (χ1n) is 9.99. The molecular formula is C28H18S2. The summed E-state index contributed by atoms with van der Waals surface area (Å²) in [6, 6.07) is 35.2. The summed E-state index contributed by atoms with van der Waals surface area (Å²) in [5.74, 6) is 0. The first-order chi connectivity index (χ1) is 14.8. The molecule has 0 aliphatic heterocycles. The van der Waals surface area contributed by atoms with E-state index in [1.807, 2.05) is 22.7 Å². The summed E-state index contributed by atoms with van der Waals surface area (Å²) in [4.78, 5) is 2.66. The van der Waals surface area contributed by atoms with Crippen molar-refractivity contribution in [1.29, 1.82) is 0 Å². The first kappa shape index (κ1) is 17.6. The van der Waals surface area contributed by atoms with Crippen molar-refractivity contribution >= 4 is 44.2 Å². The zero-order chi connectivity index (χ0) is 19.9. The average molecular weight is 419 g/mol. The van der Waals surface area contributed by atoms with E-state index >= 15 is 0 Å². The quantitative estimate of drug-likeness (QED) is 0.269. The van der Waals surface area contributed by atoms with Crippen molar-refractivity contribution < 1.29 is 0 Å². The van der Waals surface area contributed by atoms with Gasteiger partial charge in [0, 0.05) is 9.75 Å². The third-order valence-electron chi connectivity index (χ3n) is 5.61. The van der Waals surface area contributed by atoms with E-state index in [4.69, 9.17) is 0 Å². The molecule has 4 aromatic carbocycles. The predicted molar refractivity (Wildman–Crippen MR) is 134 cm³/mol. The minimum Gasteiger partial charge on any atom is -0.142 e. The third-order valence-corrected chi connectivity index (χ3v) is 7.66. The van der Waals surface area contributed by atoms with Crippen LogP contribution in [0.2, 0.25) is 0 Å². The summed E-state index contributed by atoms with van der Waals surface area (Å²) < 4.78 is 0. The van der Waals surface area contributed by atoms with Crippen LogP contribution in [-0.4, -0.2) is 0 Å². The fraction of sp³-hybridized carbons (Fsp3) is 0. The van der Waals surface area contributed by atoms with Gasteiger partial charge in [-0.05, 0) is 78.8 Å². The highest BCUT2D eigenvalue weighted by Crippen LogP contribution is 2.39. The Kier molecular flexibility index (Phi) is 4.26. The maximum Gasteiger partial charge on any atom is 0.0449 e. The number of hydrogen-bond acceptors (Lipinski definition) is 2. The Morgan fingerprint density at radius 1 is 0.367 bits per heavy atom. The van der Waals surface area contributed by atoms with Crippen molar-refractivity contribution in [3.05, 3.63) is 108 Å². The van der Waals surface area contributed by atoms with E-state index in [2.05, 4.69) is 108 Å². The number of thiophene rings is 2. The van der Waals surface area contributed by atoms with Gasteiger partial charge in [0.2, 0.25) is 0 Å². The maximum absolute atomic E-state index is 2.32. The Hall–Kier alpha value is -3.20. The van der Waals surface area contributed by atoms with Crippen LogP contribution in [0.15, 0.2) is 108 Å². The minimum atomic E-state index is 1.28. The molecule has 2 heterocycles. The summed E-state index contributed by atoms with van der Waals surface area (Å²) in [6.07, 6.45) is 0. The molecule has 0 nitrogen and oxygen atoms in total. The van der Waals surface area contributed by atoms with Gasteiger partial charge in [-0.25, -0.2) is 0 Å². The molecule has 0 amide bonds. The Morgan fingerprint density at radius 2 is 0.800 bits per heavy atom. The standard InChI is InChI=1S/C28H18S2/c1-3-7-21-13-23(11-9-19(21)5-1)25-15-27(29-17-25)28-16-26(18-30-28)24-12-10-20-6-2-4-8-22(20)14-24/h1-18H. The highest BCUT2D eigenvalue weighted by Gasteiger charge is 2.09. The van der Waals surface area contributed by atoms with Crippen molar-refractivity contribution in [1.82, 2.24) is 0 Å². The second-order valence-electron chi connectivity index (χ2n) is 7.52. The smallest absolute Gasteiger partial charge is 0.0449 e. The Labute approximate surface area is 183 Å². The molecule has 2 aromatic heterocycles. The zero-order valence-electron chi connectivity index (χ0n) is 16.2. The van der Waals surface area contributed by atoms with Gasteiger partial charge in [0.05, 0.1) is 0 Å². The van der Waals surface area contributed by atoms with E-state index in [0.717, 1.165) is 0 Å². The molecule has 0 N–H and O–H groups in total. The number of hydrogen-bond donors (Lipinski definition) is 0. The lowest BCUT2D eigenvalue weighted by Gasteiger charge is -2.02. The minimum absolute atomic E-state index is 1.28. The van der Waals surface area contributed by atoms with Gasteiger partial charge in [-0.3, -0.25) is 0 Å². The van der Waals surface area contributed by atoms with E-state index in [0.29, 0.717) is 0 Å². The van der Waals surface area contributed by atoms with Crippen molar-refractivity contribution in [3.63, 3.8) is 0 Å². The summed E-state index contributed by atoms with van der Waals surface area (Å²) in [6.45, 7) is 0. The van der Waals surface area contributed by atoms with Gasteiger partial charge >= 0.3 is 0 Å². The van der Waals surface area contributed by atoms with Gasteiger partial charge in [0.1, 0.15) is 0 Å². The number of benzene rings is 4. The Balaban J connectivity index is 1.33.